The van der Waals surface area contributed by atoms with Crippen molar-refractivity contribution >= 4 is 24.3 Å². The van der Waals surface area contributed by atoms with Gasteiger partial charge < -0.3 is 20.1 Å². The number of rotatable bonds is 15. The van der Waals surface area contributed by atoms with Gasteiger partial charge in [0.25, 0.3) is 0 Å². The smallest absolute Gasteiger partial charge is 0.407 e. The van der Waals surface area contributed by atoms with E-state index in [-0.39, 0.29) is 16.7 Å². The van der Waals surface area contributed by atoms with Crippen LogP contribution in [0.1, 0.15) is 88.5 Å². The third-order valence-corrected chi connectivity index (χ3v) is 7.60. The molecule has 2 N–H and O–H groups in total. The Bertz CT molecular complexity index is 916. The molecular formula is C29H50N4O6. The van der Waals surface area contributed by atoms with E-state index in [2.05, 4.69) is 41.4 Å². The molecule has 10 nitrogen and oxygen atoms in total. The summed E-state index contributed by atoms with van der Waals surface area (Å²) in [6.45, 7) is 21.7. The summed E-state index contributed by atoms with van der Waals surface area (Å²) in [6.07, 6.45) is 3.71. The first-order valence-electron chi connectivity index (χ1n) is 13.8. The van der Waals surface area contributed by atoms with Crippen LogP contribution in [0.5, 0.6) is 0 Å². The molecule has 0 heterocycles. The first-order chi connectivity index (χ1) is 17.9. The van der Waals surface area contributed by atoms with E-state index in [1.165, 1.54) is 0 Å². The lowest BCUT2D eigenvalue weighted by Crippen LogP contribution is -2.70. The van der Waals surface area contributed by atoms with Crippen LogP contribution in [0.2, 0.25) is 0 Å². The largest absolute Gasteiger partial charge is 0.445 e. The molecule has 1 aliphatic rings. The lowest BCUT2D eigenvalue weighted by molar-refractivity contribution is -0.244. The number of alkyl carbamates (subject to hydrolysis) is 2. The molecule has 1 fully saturated rings. The quantitative estimate of drug-likeness (QED) is 0.207. The lowest BCUT2D eigenvalue weighted by Gasteiger charge is -2.61. The van der Waals surface area contributed by atoms with Crippen molar-refractivity contribution in [2.45, 2.75) is 101 Å². The Morgan fingerprint density at radius 2 is 1.21 bits per heavy atom. The number of amides is 2. The predicted octanol–water partition coefficient (Wildman–Crippen LogP) is 5.41. The number of carbonyl (C=O) groups excluding carboxylic acids is 4. The summed E-state index contributed by atoms with van der Waals surface area (Å²) in [7, 11) is 0. The standard InChI is InChI=1S/C29H50N4O6/c1-20(13-26(3,4)16-30-18-34)11-12-32-24(36)38-22-28(7,8)23(29(22,9)10)39-25(37)33-15-21(2)14-27(5,6)17-31-19-35/h20-23H,11-17H2,1-10H3,(H,32,36)(H,33,37)/t20?,21?,22-,23-. The van der Waals surface area contributed by atoms with Crippen molar-refractivity contribution in [2.75, 3.05) is 26.2 Å². The second-order valence-corrected chi connectivity index (χ2v) is 14.1. The van der Waals surface area contributed by atoms with Gasteiger partial charge in [0.05, 0.1) is 13.1 Å². The minimum absolute atomic E-state index is 0.112. The zero-order valence-electron chi connectivity index (χ0n) is 25.6. The molecule has 39 heavy (non-hydrogen) atoms. The monoisotopic (exact) mass is 550 g/mol. The molecule has 10 heteroatoms. The highest BCUT2D eigenvalue weighted by molar-refractivity contribution is 5.69. The second-order valence-electron chi connectivity index (χ2n) is 14.1. The topological polar surface area (TPSA) is 136 Å². The summed E-state index contributed by atoms with van der Waals surface area (Å²) >= 11 is 0. The van der Waals surface area contributed by atoms with Gasteiger partial charge in [-0.2, -0.15) is 0 Å². The fourth-order valence-electron chi connectivity index (χ4n) is 6.36. The molecule has 1 saturated carbocycles. The van der Waals surface area contributed by atoms with Gasteiger partial charge in [0.15, 0.2) is 0 Å². The third kappa shape index (κ3) is 10.8. The van der Waals surface area contributed by atoms with E-state index >= 15 is 0 Å². The molecule has 0 saturated heterocycles. The minimum atomic E-state index is -0.560. The Kier molecular flexibility index (Phi) is 12.4. The molecule has 2 amide bonds. The number of nitrogens with zero attached hydrogens (tertiary/aromatic N) is 2. The summed E-state index contributed by atoms with van der Waals surface area (Å²) in [6, 6.07) is 0. The molecule has 0 bridgehead atoms. The minimum Gasteiger partial charge on any atom is -0.445 e. The predicted molar refractivity (Wildman–Crippen MR) is 150 cm³/mol. The Hall–Kier alpha value is -2.70. The van der Waals surface area contributed by atoms with E-state index in [4.69, 9.17) is 9.47 Å². The van der Waals surface area contributed by atoms with Crippen molar-refractivity contribution in [1.82, 2.24) is 10.6 Å². The Balaban J connectivity index is 2.53. The average molecular weight is 551 g/mol. The number of hydrogen-bond donors (Lipinski definition) is 2. The highest BCUT2D eigenvalue weighted by Crippen LogP contribution is 2.57. The fraction of sp³-hybridized carbons (Fsp3) is 0.862. The van der Waals surface area contributed by atoms with Crippen LogP contribution in [0, 0.1) is 33.5 Å². The van der Waals surface area contributed by atoms with Crippen LogP contribution in [0.4, 0.5) is 9.59 Å². The molecule has 222 valence electrons. The summed E-state index contributed by atoms with van der Waals surface area (Å²) in [5, 5.41) is 5.68. The van der Waals surface area contributed by atoms with Crippen molar-refractivity contribution in [3.8, 4) is 0 Å². The number of isocyanates is 2. The van der Waals surface area contributed by atoms with Crippen molar-refractivity contribution in [3.05, 3.63) is 0 Å². The lowest BCUT2D eigenvalue weighted by atomic mass is 9.51. The maximum atomic E-state index is 12.6. The first kappa shape index (κ1) is 34.3. The van der Waals surface area contributed by atoms with Crippen molar-refractivity contribution in [3.63, 3.8) is 0 Å². The number of ether oxygens (including phenoxy) is 2. The number of aliphatic imine (C=N–C) groups is 2. The molecule has 2 atom stereocenters. The molecule has 1 aliphatic carbocycles. The third-order valence-electron chi connectivity index (χ3n) is 7.60. The first-order valence-corrected chi connectivity index (χ1v) is 13.8. The summed E-state index contributed by atoms with van der Waals surface area (Å²) in [5.41, 5.74) is -1.41. The molecule has 0 aliphatic heterocycles. The Morgan fingerprint density at radius 3 is 1.64 bits per heavy atom. The highest BCUT2D eigenvalue weighted by Gasteiger charge is 2.66. The highest BCUT2D eigenvalue weighted by atomic mass is 16.6. The van der Waals surface area contributed by atoms with Gasteiger partial charge in [0, 0.05) is 23.9 Å². The average Bonchev–Trinajstić information content (AvgIpc) is 2.81. The van der Waals surface area contributed by atoms with Gasteiger partial charge in [-0.1, -0.05) is 69.2 Å². The van der Waals surface area contributed by atoms with Gasteiger partial charge in [-0.15, -0.1) is 0 Å². The molecule has 1 rings (SSSR count). The van der Waals surface area contributed by atoms with Crippen LogP contribution in [0.15, 0.2) is 9.98 Å². The summed E-state index contributed by atoms with van der Waals surface area (Å²) < 4.78 is 11.6. The fourth-order valence-corrected chi connectivity index (χ4v) is 6.36. The molecule has 0 aromatic heterocycles. The zero-order chi connectivity index (χ0) is 30.1. The summed E-state index contributed by atoms with van der Waals surface area (Å²) in [5.74, 6) is 0.490. The maximum Gasteiger partial charge on any atom is 0.407 e. The zero-order valence-corrected chi connectivity index (χ0v) is 25.6. The van der Waals surface area contributed by atoms with Crippen LogP contribution in [0.25, 0.3) is 0 Å². The second kappa shape index (κ2) is 14.1. The normalized spacial score (nSPS) is 21.2. The van der Waals surface area contributed by atoms with Gasteiger partial charge in [-0.3, -0.25) is 0 Å². The van der Waals surface area contributed by atoms with E-state index in [1.54, 1.807) is 12.2 Å². The number of nitrogens with one attached hydrogen (secondary N) is 2. The molecule has 0 radical (unpaired) electrons. The van der Waals surface area contributed by atoms with Gasteiger partial charge in [0.2, 0.25) is 12.2 Å². The van der Waals surface area contributed by atoms with Gasteiger partial charge >= 0.3 is 12.2 Å². The van der Waals surface area contributed by atoms with Crippen LogP contribution in [0.3, 0.4) is 0 Å². The van der Waals surface area contributed by atoms with Crippen molar-refractivity contribution in [2.24, 2.45) is 43.5 Å². The van der Waals surface area contributed by atoms with Crippen LogP contribution in [-0.4, -0.2) is 62.7 Å². The number of hydrogen-bond acceptors (Lipinski definition) is 8. The van der Waals surface area contributed by atoms with Gasteiger partial charge in [0.1, 0.15) is 12.2 Å². The van der Waals surface area contributed by atoms with E-state index < -0.39 is 35.2 Å². The Labute approximate surface area is 234 Å². The summed E-state index contributed by atoms with van der Waals surface area (Å²) in [4.78, 5) is 53.4. The molecule has 0 aromatic carbocycles. The van der Waals surface area contributed by atoms with E-state index in [1.807, 2.05) is 48.5 Å². The maximum absolute atomic E-state index is 12.6. The van der Waals surface area contributed by atoms with Crippen molar-refractivity contribution in [1.29, 1.82) is 0 Å². The van der Waals surface area contributed by atoms with Gasteiger partial charge in [-0.25, -0.2) is 29.2 Å². The molecular weight excluding hydrogens is 500 g/mol. The molecule has 0 spiro atoms. The molecule has 2 unspecified atom stereocenters. The van der Waals surface area contributed by atoms with Crippen LogP contribution < -0.4 is 10.6 Å². The van der Waals surface area contributed by atoms with E-state index in [0.717, 1.165) is 19.3 Å². The Morgan fingerprint density at radius 1 is 0.795 bits per heavy atom. The SMILES string of the molecule is CC(CCNC(=O)O[C@H]1C(C)(C)[C@H](OC(=O)NCC(C)CC(C)(C)CN=C=O)C1(C)C)CC(C)(C)CN=C=O. The molecule has 0 aromatic rings. The van der Waals surface area contributed by atoms with Crippen LogP contribution in [-0.2, 0) is 19.1 Å². The van der Waals surface area contributed by atoms with Crippen molar-refractivity contribution < 1.29 is 28.7 Å². The van der Waals surface area contributed by atoms with Crippen LogP contribution >= 0.6 is 0 Å². The van der Waals surface area contributed by atoms with Gasteiger partial charge in [-0.05, 0) is 41.9 Å². The van der Waals surface area contributed by atoms with E-state index in [0.29, 0.717) is 32.1 Å². The van der Waals surface area contributed by atoms with E-state index in [9.17, 15) is 19.2 Å². The number of carbonyl (C=O) groups is 2.